The smallest absolute Gasteiger partial charge is 0.432 e. The third-order valence-corrected chi connectivity index (χ3v) is 7.08. The topological polar surface area (TPSA) is 301 Å². The molecule has 0 saturated heterocycles. The fourth-order valence-electron chi connectivity index (χ4n) is 2.38. The van der Waals surface area contributed by atoms with E-state index in [1.807, 2.05) is 6.92 Å². The van der Waals surface area contributed by atoms with E-state index in [1.54, 1.807) is 41.5 Å². The van der Waals surface area contributed by atoms with Gasteiger partial charge in [0, 0.05) is 5.92 Å². The Balaban J connectivity index is 0. The van der Waals surface area contributed by atoms with Crippen molar-refractivity contribution in [2.24, 2.45) is 11.3 Å². The van der Waals surface area contributed by atoms with E-state index in [2.05, 4.69) is 14.8 Å². The Morgan fingerprint density at radius 2 is 1.31 bits per heavy atom. The molecule has 0 aromatic carbocycles. The molecule has 0 fully saturated rings. The standard InChI is InChI=1S/C11H22N2O12P2.C9H19NO4S/c1-4-11(2,3)8(14)23-5-7(25-10(16)13-27(20,21)22)6-24-9(15)12-26(17,18)19;1-5-7(2)8(11)10-9(3,4)6-15(12,13)14/h7H,4-6H2,1-3H3,(H3,12,15,17,18,19)(H3,13,16,20,21,22);7H,5-6H2,1-4H3,(H,10,11)(H,12,13,14). The molecule has 22 heteroatoms. The van der Waals surface area contributed by atoms with Gasteiger partial charge in [-0.2, -0.15) is 8.42 Å². The van der Waals surface area contributed by atoms with E-state index in [1.165, 1.54) is 10.2 Å². The first-order valence-corrected chi connectivity index (χ1v) is 17.0. The predicted molar refractivity (Wildman–Crippen MR) is 145 cm³/mol. The molecule has 0 saturated carbocycles. The van der Waals surface area contributed by atoms with Gasteiger partial charge in [-0.1, -0.05) is 20.8 Å². The number of amides is 3. The molecule has 0 aromatic rings. The van der Waals surface area contributed by atoms with Crippen LogP contribution in [0.3, 0.4) is 0 Å². The minimum Gasteiger partial charge on any atom is -0.461 e. The van der Waals surface area contributed by atoms with Crippen molar-refractivity contribution in [2.45, 2.75) is 73.0 Å². The van der Waals surface area contributed by atoms with Gasteiger partial charge in [-0.15, -0.1) is 0 Å². The molecule has 2 atom stereocenters. The lowest BCUT2D eigenvalue weighted by Gasteiger charge is -2.26. The van der Waals surface area contributed by atoms with Gasteiger partial charge < -0.3 is 39.1 Å². The second-order valence-electron chi connectivity index (χ2n) is 10.2. The van der Waals surface area contributed by atoms with Crippen molar-refractivity contribution >= 4 is 49.7 Å². The molecule has 0 aromatic heterocycles. The predicted octanol–water partition coefficient (Wildman–Crippen LogP) is 0.787. The van der Waals surface area contributed by atoms with Crippen molar-refractivity contribution in [1.82, 2.24) is 15.5 Å². The van der Waals surface area contributed by atoms with Crippen LogP contribution in [0.5, 0.6) is 0 Å². The maximum Gasteiger partial charge on any atom is 0.432 e. The molecule has 0 aliphatic heterocycles. The van der Waals surface area contributed by atoms with E-state index >= 15 is 0 Å². The second-order valence-corrected chi connectivity index (χ2v) is 14.3. The molecule has 0 aliphatic carbocycles. The second kappa shape index (κ2) is 17.1. The Kier molecular flexibility index (Phi) is 17.0. The van der Waals surface area contributed by atoms with Crippen LogP contribution in [0.4, 0.5) is 9.59 Å². The molecule has 42 heavy (non-hydrogen) atoms. The number of hydrogen-bond donors (Lipinski definition) is 8. The zero-order valence-corrected chi connectivity index (χ0v) is 26.8. The summed E-state index contributed by atoms with van der Waals surface area (Å²) in [5.41, 5.74) is -1.83. The maximum atomic E-state index is 11.9. The Morgan fingerprint density at radius 3 is 1.71 bits per heavy atom. The largest absolute Gasteiger partial charge is 0.461 e. The van der Waals surface area contributed by atoms with Gasteiger partial charge in [0.05, 0.1) is 16.7 Å². The van der Waals surface area contributed by atoms with Gasteiger partial charge >= 0.3 is 33.6 Å². The van der Waals surface area contributed by atoms with Crippen LogP contribution < -0.4 is 15.5 Å². The Hall–Kier alpha value is -2.31. The van der Waals surface area contributed by atoms with Gasteiger partial charge in [-0.3, -0.25) is 14.1 Å². The molecule has 19 nitrogen and oxygen atoms in total. The average molecular weight is 674 g/mol. The number of rotatable bonds is 14. The van der Waals surface area contributed by atoms with Crippen LogP contribution in [0.1, 0.15) is 61.3 Å². The van der Waals surface area contributed by atoms with E-state index in [4.69, 9.17) is 28.9 Å². The van der Waals surface area contributed by atoms with Gasteiger partial charge in [0.15, 0.2) is 6.10 Å². The zero-order chi connectivity index (χ0) is 33.7. The highest BCUT2D eigenvalue weighted by atomic mass is 32.2. The normalized spacial score (nSPS) is 13.8. The highest BCUT2D eigenvalue weighted by Crippen LogP contribution is 2.29. The van der Waals surface area contributed by atoms with Gasteiger partial charge in [0.25, 0.3) is 10.1 Å². The van der Waals surface area contributed by atoms with Crippen molar-refractivity contribution in [1.29, 1.82) is 0 Å². The first-order chi connectivity index (χ1) is 18.6. The van der Waals surface area contributed by atoms with E-state index in [0.29, 0.717) is 12.8 Å². The molecule has 0 heterocycles. The van der Waals surface area contributed by atoms with Gasteiger partial charge in [-0.05, 0) is 40.5 Å². The monoisotopic (exact) mass is 673 g/mol. The third-order valence-electron chi connectivity index (χ3n) is 5.05. The molecule has 0 bridgehead atoms. The van der Waals surface area contributed by atoms with Gasteiger partial charge in [-0.25, -0.2) is 28.9 Å². The number of carbonyl (C=O) groups is 4. The fourth-order valence-corrected chi connectivity index (χ4v) is 3.95. The van der Waals surface area contributed by atoms with Crippen LogP contribution in [0, 0.1) is 11.3 Å². The van der Waals surface area contributed by atoms with Crippen LogP contribution >= 0.6 is 15.5 Å². The quantitative estimate of drug-likeness (QED) is 0.0547. The lowest BCUT2D eigenvalue weighted by Crippen LogP contribution is -2.49. The van der Waals surface area contributed by atoms with Crippen LogP contribution in [-0.4, -0.2) is 87.2 Å². The molecular formula is C20H41N3O16P2S. The van der Waals surface area contributed by atoms with Crippen molar-refractivity contribution in [3.8, 4) is 0 Å². The molecule has 2 unspecified atom stereocenters. The molecule has 0 radical (unpaired) electrons. The highest BCUT2D eigenvalue weighted by molar-refractivity contribution is 7.85. The minimum absolute atomic E-state index is 0.161. The van der Waals surface area contributed by atoms with E-state index in [0.717, 1.165) is 0 Å². The maximum absolute atomic E-state index is 11.9. The van der Waals surface area contributed by atoms with Crippen molar-refractivity contribution < 1.29 is 75.1 Å². The number of ether oxygens (including phenoxy) is 3. The molecule has 0 rings (SSSR count). The van der Waals surface area contributed by atoms with E-state index in [-0.39, 0.29) is 11.8 Å². The number of hydrogen-bond acceptors (Lipinski definition) is 11. The summed E-state index contributed by atoms with van der Waals surface area (Å²) in [6.45, 7) is 10.1. The van der Waals surface area contributed by atoms with Crippen molar-refractivity contribution in [3.63, 3.8) is 0 Å². The summed E-state index contributed by atoms with van der Waals surface area (Å²) in [6.07, 6.45) is -3.58. The van der Waals surface area contributed by atoms with E-state index < -0.39 is 79.8 Å². The first-order valence-electron chi connectivity index (χ1n) is 12.1. The summed E-state index contributed by atoms with van der Waals surface area (Å²) >= 11 is 0. The summed E-state index contributed by atoms with van der Waals surface area (Å²) in [5.74, 6) is -1.53. The summed E-state index contributed by atoms with van der Waals surface area (Å²) < 4.78 is 65.3. The first kappa shape index (κ1) is 41.8. The number of carbonyl (C=O) groups excluding carboxylic acids is 4. The molecule has 248 valence electrons. The Morgan fingerprint density at radius 1 is 0.857 bits per heavy atom. The fraction of sp³-hybridized carbons (Fsp3) is 0.800. The lowest BCUT2D eigenvalue weighted by atomic mass is 9.91. The zero-order valence-electron chi connectivity index (χ0n) is 24.2. The van der Waals surface area contributed by atoms with Gasteiger partial charge in [0.1, 0.15) is 13.2 Å². The molecule has 0 spiro atoms. The summed E-state index contributed by atoms with van der Waals surface area (Å²) in [7, 11) is -14.0. The van der Waals surface area contributed by atoms with Crippen molar-refractivity contribution in [2.75, 3.05) is 19.0 Å². The van der Waals surface area contributed by atoms with Crippen LogP contribution in [-0.2, 0) is 43.0 Å². The number of nitrogens with one attached hydrogen (secondary N) is 3. The van der Waals surface area contributed by atoms with E-state index in [9.17, 15) is 36.7 Å². The van der Waals surface area contributed by atoms with Gasteiger partial charge in [0.2, 0.25) is 5.91 Å². The molecular weight excluding hydrogens is 632 g/mol. The molecule has 3 amide bonds. The minimum atomic E-state index is -4.97. The van der Waals surface area contributed by atoms with Crippen molar-refractivity contribution in [3.05, 3.63) is 0 Å². The Labute approximate surface area is 243 Å². The summed E-state index contributed by atoms with van der Waals surface area (Å²) in [4.78, 5) is 80.4. The summed E-state index contributed by atoms with van der Waals surface area (Å²) in [6, 6.07) is 0. The number of esters is 1. The summed E-state index contributed by atoms with van der Waals surface area (Å²) in [5, 5.41) is 4.96. The SMILES string of the molecule is CCC(C)(C)C(=O)OCC(COC(=O)NP(=O)(O)O)OC(=O)NP(=O)(O)O.CCC(C)C(=O)NC(C)(C)CS(=O)(=O)O. The highest BCUT2D eigenvalue weighted by Gasteiger charge is 2.30. The molecule has 8 N–H and O–H groups in total. The third kappa shape index (κ3) is 22.3. The van der Waals surface area contributed by atoms with Crippen LogP contribution in [0.25, 0.3) is 0 Å². The lowest BCUT2D eigenvalue weighted by molar-refractivity contribution is -0.157. The van der Waals surface area contributed by atoms with Crippen LogP contribution in [0.2, 0.25) is 0 Å². The average Bonchev–Trinajstić information content (AvgIpc) is 2.75. The van der Waals surface area contributed by atoms with Crippen LogP contribution in [0.15, 0.2) is 0 Å². The molecule has 0 aliphatic rings. The Bertz CT molecular complexity index is 1130.